The lowest BCUT2D eigenvalue weighted by molar-refractivity contribution is 0.0997. The molecule has 1 heterocycles. The van der Waals surface area contributed by atoms with Crippen LogP contribution < -0.4 is 5.32 Å². The van der Waals surface area contributed by atoms with Gasteiger partial charge in [0.15, 0.2) is 5.76 Å². The molecule has 6 heteroatoms. The first kappa shape index (κ1) is 15.2. The largest absolute Gasteiger partial charge is 0.451 e. The third-order valence-electron chi connectivity index (χ3n) is 3.14. The maximum Gasteiger partial charge on any atom is 0.291 e. The molecule has 0 fully saturated rings. The van der Waals surface area contributed by atoms with Crippen LogP contribution in [0.5, 0.6) is 0 Å². The molecule has 0 aliphatic heterocycles. The molecule has 0 saturated heterocycles. The molecule has 0 aliphatic carbocycles. The molecular formula is C17H10ClF2NO2. The Morgan fingerprint density at radius 3 is 2.48 bits per heavy atom. The molecule has 0 unspecified atom stereocenters. The number of rotatable bonds is 3. The lowest BCUT2D eigenvalue weighted by atomic mass is 10.2. The number of carbonyl (C=O) groups is 1. The second kappa shape index (κ2) is 6.22. The second-order valence-electron chi connectivity index (χ2n) is 4.75. The van der Waals surface area contributed by atoms with Crippen LogP contribution in [0.1, 0.15) is 10.6 Å². The van der Waals surface area contributed by atoms with E-state index >= 15 is 0 Å². The predicted molar refractivity (Wildman–Crippen MR) is 83.5 cm³/mol. The van der Waals surface area contributed by atoms with Crippen LogP contribution in [0.25, 0.3) is 11.3 Å². The maximum atomic E-state index is 13.5. The Labute approximate surface area is 135 Å². The quantitative estimate of drug-likeness (QED) is 0.722. The molecule has 116 valence electrons. The highest BCUT2D eigenvalue weighted by molar-refractivity contribution is 6.30. The molecule has 2 aromatic carbocycles. The van der Waals surface area contributed by atoms with Crippen molar-refractivity contribution >= 4 is 23.2 Å². The maximum absolute atomic E-state index is 13.5. The van der Waals surface area contributed by atoms with E-state index in [-0.39, 0.29) is 11.4 Å². The molecule has 0 aliphatic rings. The average molecular weight is 334 g/mol. The van der Waals surface area contributed by atoms with Crippen molar-refractivity contribution < 1.29 is 18.0 Å². The number of hydrogen-bond acceptors (Lipinski definition) is 2. The first-order chi connectivity index (χ1) is 11.0. The van der Waals surface area contributed by atoms with E-state index in [1.165, 1.54) is 6.07 Å². The van der Waals surface area contributed by atoms with Gasteiger partial charge in [-0.05, 0) is 48.5 Å². The summed E-state index contributed by atoms with van der Waals surface area (Å²) in [4.78, 5) is 12.1. The van der Waals surface area contributed by atoms with Crippen LogP contribution in [0, 0.1) is 11.6 Å². The average Bonchev–Trinajstić information content (AvgIpc) is 3.02. The summed E-state index contributed by atoms with van der Waals surface area (Å²) in [6.45, 7) is 0. The number of nitrogens with one attached hydrogen (secondary N) is 1. The molecule has 3 aromatic rings. The van der Waals surface area contributed by atoms with Crippen LogP contribution >= 0.6 is 11.6 Å². The smallest absolute Gasteiger partial charge is 0.291 e. The fourth-order valence-corrected chi connectivity index (χ4v) is 2.13. The standard InChI is InChI=1S/C17H10ClF2NO2/c18-11-3-1-10(2-4-11)15-7-8-16(23-15)17(22)21-14-9-12(19)5-6-13(14)20/h1-9H,(H,21,22). The number of furan rings is 1. The fourth-order valence-electron chi connectivity index (χ4n) is 2.01. The van der Waals surface area contributed by atoms with Gasteiger partial charge in [-0.3, -0.25) is 4.79 Å². The van der Waals surface area contributed by atoms with Gasteiger partial charge in [0, 0.05) is 16.7 Å². The van der Waals surface area contributed by atoms with Gasteiger partial charge in [-0.15, -0.1) is 0 Å². The Balaban J connectivity index is 1.81. The van der Waals surface area contributed by atoms with Crippen molar-refractivity contribution in [2.45, 2.75) is 0 Å². The SMILES string of the molecule is O=C(Nc1cc(F)ccc1F)c1ccc(-c2ccc(Cl)cc2)o1. The minimum Gasteiger partial charge on any atom is -0.451 e. The van der Waals surface area contributed by atoms with Crippen molar-refractivity contribution in [2.75, 3.05) is 5.32 Å². The summed E-state index contributed by atoms with van der Waals surface area (Å²) in [7, 11) is 0. The molecule has 23 heavy (non-hydrogen) atoms. The van der Waals surface area contributed by atoms with Crippen LogP contribution in [0.15, 0.2) is 59.0 Å². The summed E-state index contributed by atoms with van der Waals surface area (Å²) in [5.41, 5.74) is 0.491. The van der Waals surface area contributed by atoms with Gasteiger partial charge in [-0.1, -0.05) is 11.6 Å². The van der Waals surface area contributed by atoms with Crippen molar-refractivity contribution in [3.8, 4) is 11.3 Å². The molecule has 1 aromatic heterocycles. The molecule has 0 saturated carbocycles. The van der Waals surface area contributed by atoms with E-state index in [4.69, 9.17) is 16.0 Å². The number of halogens is 3. The summed E-state index contributed by atoms with van der Waals surface area (Å²) in [5.74, 6) is -1.60. The number of amides is 1. The fraction of sp³-hybridized carbons (Fsp3) is 0. The summed E-state index contributed by atoms with van der Waals surface area (Å²) in [6.07, 6.45) is 0. The van der Waals surface area contributed by atoms with E-state index in [0.29, 0.717) is 10.8 Å². The topological polar surface area (TPSA) is 42.2 Å². The summed E-state index contributed by atoms with van der Waals surface area (Å²) in [6, 6.07) is 12.8. The Hall–Kier alpha value is -2.66. The van der Waals surface area contributed by atoms with E-state index in [9.17, 15) is 13.6 Å². The summed E-state index contributed by atoms with van der Waals surface area (Å²) < 4.78 is 32.1. The number of benzene rings is 2. The predicted octanol–water partition coefficient (Wildman–Crippen LogP) is 5.13. The van der Waals surface area contributed by atoms with Gasteiger partial charge in [0.05, 0.1) is 5.69 Å². The molecule has 1 amide bonds. The first-order valence-corrected chi connectivity index (χ1v) is 7.03. The Morgan fingerprint density at radius 1 is 1.00 bits per heavy atom. The zero-order valence-corrected chi connectivity index (χ0v) is 12.4. The van der Waals surface area contributed by atoms with Gasteiger partial charge in [0.1, 0.15) is 17.4 Å². The van der Waals surface area contributed by atoms with Crippen LogP contribution in [0.2, 0.25) is 5.02 Å². The molecule has 3 rings (SSSR count). The summed E-state index contributed by atoms with van der Waals surface area (Å²) >= 11 is 5.81. The normalized spacial score (nSPS) is 10.6. The van der Waals surface area contributed by atoms with E-state index in [2.05, 4.69) is 5.32 Å². The van der Waals surface area contributed by atoms with Crippen molar-refractivity contribution in [2.24, 2.45) is 0 Å². The Kier molecular flexibility index (Phi) is 4.12. The Morgan fingerprint density at radius 2 is 1.74 bits per heavy atom. The van der Waals surface area contributed by atoms with Gasteiger partial charge in [0.2, 0.25) is 0 Å². The Bertz CT molecular complexity index is 859. The molecule has 0 spiro atoms. The van der Waals surface area contributed by atoms with Crippen molar-refractivity contribution in [3.05, 3.63) is 77.0 Å². The molecule has 1 N–H and O–H groups in total. The molecule has 0 atom stereocenters. The number of hydrogen-bond donors (Lipinski definition) is 1. The second-order valence-corrected chi connectivity index (χ2v) is 5.19. The van der Waals surface area contributed by atoms with Crippen LogP contribution in [0.4, 0.5) is 14.5 Å². The first-order valence-electron chi connectivity index (χ1n) is 6.65. The van der Waals surface area contributed by atoms with Crippen molar-refractivity contribution in [1.29, 1.82) is 0 Å². The van der Waals surface area contributed by atoms with Gasteiger partial charge < -0.3 is 9.73 Å². The number of anilines is 1. The van der Waals surface area contributed by atoms with E-state index in [1.807, 2.05) is 0 Å². The number of carbonyl (C=O) groups excluding carboxylic acids is 1. The van der Waals surface area contributed by atoms with Gasteiger partial charge in [-0.25, -0.2) is 8.78 Å². The molecule has 3 nitrogen and oxygen atoms in total. The van der Waals surface area contributed by atoms with Gasteiger partial charge in [0.25, 0.3) is 5.91 Å². The summed E-state index contributed by atoms with van der Waals surface area (Å²) in [5, 5.41) is 2.86. The highest BCUT2D eigenvalue weighted by atomic mass is 35.5. The van der Waals surface area contributed by atoms with Gasteiger partial charge in [-0.2, -0.15) is 0 Å². The van der Waals surface area contributed by atoms with Crippen LogP contribution in [-0.2, 0) is 0 Å². The third kappa shape index (κ3) is 3.40. The van der Waals surface area contributed by atoms with E-state index in [0.717, 1.165) is 23.8 Å². The van der Waals surface area contributed by atoms with Gasteiger partial charge >= 0.3 is 0 Å². The monoisotopic (exact) mass is 333 g/mol. The lowest BCUT2D eigenvalue weighted by Crippen LogP contribution is -2.12. The van der Waals surface area contributed by atoms with Crippen molar-refractivity contribution in [1.82, 2.24) is 0 Å². The zero-order valence-electron chi connectivity index (χ0n) is 11.6. The van der Waals surface area contributed by atoms with Crippen LogP contribution in [0.3, 0.4) is 0 Å². The minimum atomic E-state index is -0.732. The van der Waals surface area contributed by atoms with Crippen molar-refractivity contribution in [3.63, 3.8) is 0 Å². The lowest BCUT2D eigenvalue weighted by Gasteiger charge is -2.04. The third-order valence-corrected chi connectivity index (χ3v) is 3.39. The van der Waals surface area contributed by atoms with E-state index < -0.39 is 17.5 Å². The highest BCUT2D eigenvalue weighted by Gasteiger charge is 2.14. The van der Waals surface area contributed by atoms with Crippen LogP contribution in [-0.4, -0.2) is 5.91 Å². The molecular weight excluding hydrogens is 324 g/mol. The molecule has 0 bridgehead atoms. The van der Waals surface area contributed by atoms with E-state index in [1.54, 1.807) is 30.3 Å². The highest BCUT2D eigenvalue weighted by Crippen LogP contribution is 2.24. The minimum absolute atomic E-state index is 0.0152. The molecule has 0 radical (unpaired) electrons. The zero-order chi connectivity index (χ0) is 16.4.